The normalized spacial score (nSPS) is 10.4. The van der Waals surface area contributed by atoms with Gasteiger partial charge in [-0.1, -0.05) is 0 Å². The largest absolute Gasteiger partial charge is 0.493 e. The second-order valence-electron chi connectivity index (χ2n) is 3.86. The van der Waals surface area contributed by atoms with Crippen LogP contribution in [0, 0.1) is 0 Å². The first-order valence-electron chi connectivity index (χ1n) is 5.37. The number of nitrogens with one attached hydrogen (secondary N) is 1. The molecule has 5 nitrogen and oxygen atoms in total. The summed E-state index contributed by atoms with van der Waals surface area (Å²) in [6.07, 6.45) is 0. The molecule has 0 amide bonds. The number of pyridine rings is 1. The lowest BCUT2D eigenvalue weighted by Crippen LogP contribution is -2.15. The maximum atomic E-state index is 11.7. The van der Waals surface area contributed by atoms with Gasteiger partial charge in [0.05, 0.1) is 25.3 Å². The SMILES string of the molecule is COc1cc2cc(C(C)=O)c(=O)[nH]c2cc1OC. The maximum absolute atomic E-state index is 11.7. The predicted octanol–water partition coefficient (Wildman–Crippen LogP) is 1.75. The van der Waals surface area contributed by atoms with E-state index in [4.69, 9.17) is 9.47 Å². The molecule has 0 aliphatic carbocycles. The van der Waals surface area contributed by atoms with Crippen molar-refractivity contribution in [1.82, 2.24) is 4.98 Å². The second kappa shape index (κ2) is 4.52. The summed E-state index contributed by atoms with van der Waals surface area (Å²) in [4.78, 5) is 25.6. The van der Waals surface area contributed by atoms with Crippen LogP contribution in [0.3, 0.4) is 0 Å². The first kappa shape index (κ1) is 12.2. The summed E-state index contributed by atoms with van der Waals surface area (Å²) in [6.45, 7) is 1.36. The highest BCUT2D eigenvalue weighted by molar-refractivity contribution is 5.97. The molecule has 18 heavy (non-hydrogen) atoms. The number of carbonyl (C=O) groups is 1. The van der Waals surface area contributed by atoms with Crippen molar-refractivity contribution < 1.29 is 14.3 Å². The summed E-state index contributed by atoms with van der Waals surface area (Å²) in [5.74, 6) is 0.802. The number of ketones is 1. The highest BCUT2D eigenvalue weighted by Gasteiger charge is 2.11. The number of aromatic nitrogens is 1. The Bertz CT molecular complexity index is 672. The Balaban J connectivity index is 2.78. The Morgan fingerprint density at radius 3 is 2.28 bits per heavy atom. The third-order valence-corrected chi connectivity index (χ3v) is 2.73. The molecule has 1 aromatic heterocycles. The molecule has 0 aliphatic rings. The topological polar surface area (TPSA) is 68.4 Å². The van der Waals surface area contributed by atoms with Crippen LogP contribution < -0.4 is 15.0 Å². The van der Waals surface area contributed by atoms with Gasteiger partial charge in [0.25, 0.3) is 5.56 Å². The molecule has 0 saturated carbocycles. The molecule has 0 radical (unpaired) electrons. The van der Waals surface area contributed by atoms with Gasteiger partial charge in [0, 0.05) is 11.5 Å². The van der Waals surface area contributed by atoms with Gasteiger partial charge in [-0.3, -0.25) is 9.59 Å². The van der Waals surface area contributed by atoms with E-state index in [0.717, 1.165) is 5.39 Å². The number of fused-ring (bicyclic) bond motifs is 1. The van der Waals surface area contributed by atoms with Crippen LogP contribution in [0.5, 0.6) is 11.5 Å². The van der Waals surface area contributed by atoms with Crippen LogP contribution in [0.1, 0.15) is 17.3 Å². The van der Waals surface area contributed by atoms with Gasteiger partial charge in [-0.2, -0.15) is 0 Å². The van der Waals surface area contributed by atoms with Crippen LogP contribution in [-0.2, 0) is 0 Å². The van der Waals surface area contributed by atoms with Crippen molar-refractivity contribution in [2.45, 2.75) is 6.92 Å². The quantitative estimate of drug-likeness (QED) is 0.839. The summed E-state index contributed by atoms with van der Waals surface area (Å²) in [5, 5.41) is 0.720. The Morgan fingerprint density at radius 1 is 1.11 bits per heavy atom. The highest BCUT2D eigenvalue weighted by Crippen LogP contribution is 2.30. The molecule has 0 fully saturated rings. The number of hydrogen-bond donors (Lipinski definition) is 1. The van der Waals surface area contributed by atoms with Crippen molar-refractivity contribution in [2.75, 3.05) is 14.2 Å². The third kappa shape index (κ3) is 1.95. The fraction of sp³-hybridized carbons (Fsp3) is 0.231. The average molecular weight is 247 g/mol. The van der Waals surface area contributed by atoms with E-state index in [1.165, 1.54) is 21.1 Å². The summed E-state index contributed by atoms with van der Waals surface area (Å²) < 4.78 is 10.3. The molecule has 0 atom stereocenters. The van der Waals surface area contributed by atoms with Gasteiger partial charge in [-0.15, -0.1) is 0 Å². The summed E-state index contributed by atoms with van der Waals surface area (Å²) in [6, 6.07) is 4.94. The lowest BCUT2D eigenvalue weighted by molar-refractivity contribution is 0.101. The Morgan fingerprint density at radius 2 is 1.72 bits per heavy atom. The molecule has 0 saturated heterocycles. The van der Waals surface area contributed by atoms with Gasteiger partial charge in [0.15, 0.2) is 17.3 Å². The van der Waals surface area contributed by atoms with Gasteiger partial charge in [0.1, 0.15) is 0 Å². The van der Waals surface area contributed by atoms with Crippen molar-refractivity contribution in [3.8, 4) is 11.5 Å². The zero-order chi connectivity index (χ0) is 13.3. The van der Waals surface area contributed by atoms with Crippen molar-refractivity contribution in [3.63, 3.8) is 0 Å². The number of H-pyrrole nitrogens is 1. The lowest BCUT2D eigenvalue weighted by Gasteiger charge is -2.09. The molecular weight excluding hydrogens is 234 g/mol. The molecule has 1 heterocycles. The van der Waals surface area contributed by atoms with E-state index in [2.05, 4.69) is 4.98 Å². The van der Waals surface area contributed by atoms with Gasteiger partial charge in [-0.05, 0) is 19.1 Å². The van der Waals surface area contributed by atoms with Crippen molar-refractivity contribution in [1.29, 1.82) is 0 Å². The zero-order valence-electron chi connectivity index (χ0n) is 10.4. The predicted molar refractivity (Wildman–Crippen MR) is 67.7 cm³/mol. The Labute approximate surface area is 103 Å². The minimum absolute atomic E-state index is 0.134. The Hall–Kier alpha value is -2.30. The number of ether oxygens (including phenoxy) is 2. The number of Topliss-reactive ketones (excluding diaryl/α,β-unsaturated/α-hetero) is 1. The number of rotatable bonds is 3. The average Bonchev–Trinajstić information content (AvgIpc) is 2.36. The number of methoxy groups -OCH3 is 2. The minimum atomic E-state index is -0.401. The molecule has 1 N–H and O–H groups in total. The second-order valence-corrected chi connectivity index (χ2v) is 3.86. The number of hydrogen-bond acceptors (Lipinski definition) is 4. The van der Waals surface area contributed by atoms with E-state index in [-0.39, 0.29) is 11.3 Å². The molecular formula is C13H13NO4. The van der Waals surface area contributed by atoms with E-state index in [0.29, 0.717) is 17.0 Å². The van der Waals surface area contributed by atoms with E-state index >= 15 is 0 Å². The molecule has 0 spiro atoms. The fourth-order valence-corrected chi connectivity index (χ4v) is 1.79. The van der Waals surface area contributed by atoms with Crippen LogP contribution in [0.15, 0.2) is 23.0 Å². The number of aromatic amines is 1. The number of carbonyl (C=O) groups excluding carboxylic acids is 1. The van der Waals surface area contributed by atoms with Crippen molar-refractivity contribution in [3.05, 3.63) is 34.1 Å². The molecule has 94 valence electrons. The molecule has 5 heteroatoms. The monoisotopic (exact) mass is 247 g/mol. The van der Waals surface area contributed by atoms with Crippen molar-refractivity contribution in [2.24, 2.45) is 0 Å². The van der Waals surface area contributed by atoms with Crippen LogP contribution in [0.4, 0.5) is 0 Å². The molecule has 1 aromatic carbocycles. The molecule has 0 bridgehead atoms. The standard InChI is InChI=1S/C13H13NO4/c1-7(15)9-4-8-5-11(17-2)12(18-3)6-10(8)14-13(9)16/h4-6H,1-3H3,(H,14,16). The molecule has 2 rings (SSSR count). The van der Waals surface area contributed by atoms with Crippen LogP contribution >= 0.6 is 0 Å². The molecule has 0 aliphatic heterocycles. The summed E-state index contributed by atoms with van der Waals surface area (Å²) in [5.41, 5.74) is 0.333. The minimum Gasteiger partial charge on any atom is -0.493 e. The summed E-state index contributed by atoms with van der Waals surface area (Å²) >= 11 is 0. The van der Waals surface area contributed by atoms with E-state index in [1.807, 2.05) is 0 Å². The van der Waals surface area contributed by atoms with Gasteiger partial charge >= 0.3 is 0 Å². The molecule has 2 aromatic rings. The van der Waals surface area contributed by atoms with E-state index < -0.39 is 5.56 Å². The van der Waals surface area contributed by atoms with Gasteiger partial charge < -0.3 is 14.5 Å². The lowest BCUT2D eigenvalue weighted by atomic mass is 10.1. The molecule has 0 unspecified atom stereocenters. The highest BCUT2D eigenvalue weighted by atomic mass is 16.5. The fourth-order valence-electron chi connectivity index (χ4n) is 1.79. The first-order valence-corrected chi connectivity index (χ1v) is 5.37. The van der Waals surface area contributed by atoms with Crippen LogP contribution in [0.25, 0.3) is 10.9 Å². The smallest absolute Gasteiger partial charge is 0.259 e. The van der Waals surface area contributed by atoms with Crippen molar-refractivity contribution >= 4 is 16.7 Å². The van der Waals surface area contributed by atoms with Crippen LogP contribution in [0.2, 0.25) is 0 Å². The third-order valence-electron chi connectivity index (χ3n) is 2.73. The first-order chi connectivity index (χ1) is 8.56. The zero-order valence-corrected chi connectivity index (χ0v) is 10.4. The van der Waals surface area contributed by atoms with Gasteiger partial charge in [-0.25, -0.2) is 0 Å². The van der Waals surface area contributed by atoms with Gasteiger partial charge in [0.2, 0.25) is 0 Å². The Kier molecular flexibility index (Phi) is 3.06. The van der Waals surface area contributed by atoms with E-state index in [1.54, 1.807) is 18.2 Å². The van der Waals surface area contributed by atoms with Crippen LogP contribution in [-0.4, -0.2) is 25.0 Å². The summed E-state index contributed by atoms with van der Waals surface area (Å²) in [7, 11) is 3.05. The van der Waals surface area contributed by atoms with E-state index in [9.17, 15) is 9.59 Å². The number of benzene rings is 1. The maximum Gasteiger partial charge on any atom is 0.259 e.